The van der Waals surface area contributed by atoms with E-state index < -0.39 is 6.10 Å². The molecule has 2 aromatic rings. The van der Waals surface area contributed by atoms with Gasteiger partial charge in [-0.15, -0.1) is 0 Å². The lowest BCUT2D eigenvalue weighted by Crippen LogP contribution is -2.45. The number of ether oxygens (including phenoxy) is 2. The van der Waals surface area contributed by atoms with Gasteiger partial charge >= 0.3 is 5.97 Å². The molecule has 0 aliphatic rings. The number of rotatable bonds is 14. The van der Waals surface area contributed by atoms with Crippen LogP contribution in [0.4, 0.5) is 0 Å². The van der Waals surface area contributed by atoms with Crippen molar-refractivity contribution in [3.05, 3.63) is 65.2 Å². The van der Waals surface area contributed by atoms with E-state index in [0.717, 1.165) is 18.4 Å². The first-order chi connectivity index (χ1) is 16.2. The minimum absolute atomic E-state index is 0.0681. The molecule has 0 bridgehead atoms. The average Bonchev–Trinajstić information content (AvgIpc) is 2.80. The van der Waals surface area contributed by atoms with E-state index in [2.05, 4.69) is 56.4 Å². The highest BCUT2D eigenvalue weighted by Gasteiger charge is 2.22. The number of nitrogens with zero attached hydrogens (tertiary/aromatic N) is 1. The molecular weight excluding hydrogens is 428 g/mol. The van der Waals surface area contributed by atoms with E-state index in [-0.39, 0.29) is 24.5 Å². The lowest BCUT2D eigenvalue weighted by Gasteiger charge is -2.31. The van der Waals surface area contributed by atoms with Gasteiger partial charge in [-0.1, -0.05) is 43.3 Å². The zero-order chi connectivity index (χ0) is 25.0. The summed E-state index contributed by atoms with van der Waals surface area (Å²) in [4.78, 5) is 11.6. The van der Waals surface area contributed by atoms with Gasteiger partial charge in [0.1, 0.15) is 24.5 Å². The van der Waals surface area contributed by atoms with Gasteiger partial charge in [-0.05, 0) is 69.2 Å². The lowest BCUT2D eigenvalue weighted by atomic mass is 9.87. The van der Waals surface area contributed by atoms with Gasteiger partial charge in [0, 0.05) is 18.5 Å². The van der Waals surface area contributed by atoms with E-state index in [1.165, 1.54) is 5.56 Å². The number of nitrogens with one attached hydrogen (secondary N) is 1. The second kappa shape index (κ2) is 13.7. The molecule has 0 aliphatic heterocycles. The van der Waals surface area contributed by atoms with Crippen LogP contribution in [0.5, 0.6) is 5.75 Å². The van der Waals surface area contributed by atoms with Gasteiger partial charge in [0.05, 0.1) is 12.2 Å². The molecule has 184 valence electrons. The van der Waals surface area contributed by atoms with Crippen LogP contribution in [0.15, 0.2) is 48.5 Å². The number of benzene rings is 2. The Morgan fingerprint density at radius 3 is 2.59 bits per heavy atom. The van der Waals surface area contributed by atoms with E-state index in [0.29, 0.717) is 36.8 Å². The Morgan fingerprint density at radius 1 is 1.18 bits per heavy atom. The summed E-state index contributed by atoms with van der Waals surface area (Å²) in [5, 5.41) is 23.3. The van der Waals surface area contributed by atoms with E-state index in [1.54, 1.807) is 19.1 Å². The quantitative estimate of drug-likeness (QED) is 0.400. The summed E-state index contributed by atoms with van der Waals surface area (Å²) in [6, 6.07) is 17.8. The van der Waals surface area contributed by atoms with E-state index >= 15 is 0 Å². The Kier molecular flexibility index (Phi) is 11.1. The minimum Gasteiger partial charge on any atom is -0.489 e. The smallest absolute Gasteiger partial charge is 0.306 e. The van der Waals surface area contributed by atoms with Crippen molar-refractivity contribution in [1.82, 2.24) is 5.32 Å². The van der Waals surface area contributed by atoms with E-state index in [1.807, 2.05) is 12.1 Å². The van der Waals surface area contributed by atoms with Crippen LogP contribution >= 0.6 is 0 Å². The highest BCUT2D eigenvalue weighted by molar-refractivity contribution is 5.69. The van der Waals surface area contributed by atoms with Crippen LogP contribution in [0, 0.1) is 17.2 Å². The van der Waals surface area contributed by atoms with E-state index in [4.69, 9.17) is 9.47 Å². The molecule has 0 saturated heterocycles. The summed E-state index contributed by atoms with van der Waals surface area (Å²) in [7, 11) is 0. The average molecular weight is 467 g/mol. The monoisotopic (exact) mass is 466 g/mol. The number of β-amino-alcohol motifs (C(OH)–C–C–N with tert-alkyl or cyclic N) is 1. The zero-order valence-electron chi connectivity index (χ0n) is 20.8. The SMILES string of the molecule is CCOC(=O)CCc1ccc(C#N)c(OCC(O)CNC(C)(C)CC(C)Cc2ccccc2)c1. The second-order valence-electron chi connectivity index (χ2n) is 9.48. The van der Waals surface area contributed by atoms with Crippen molar-refractivity contribution in [3.8, 4) is 11.8 Å². The highest BCUT2D eigenvalue weighted by Crippen LogP contribution is 2.22. The third-order valence-electron chi connectivity index (χ3n) is 5.62. The van der Waals surface area contributed by atoms with Crippen molar-refractivity contribution in [1.29, 1.82) is 5.26 Å². The van der Waals surface area contributed by atoms with Crippen LogP contribution in [-0.2, 0) is 22.4 Å². The van der Waals surface area contributed by atoms with Gasteiger partial charge in [0.15, 0.2) is 0 Å². The maximum atomic E-state index is 11.6. The number of nitriles is 1. The van der Waals surface area contributed by atoms with Gasteiger partial charge in [-0.2, -0.15) is 5.26 Å². The van der Waals surface area contributed by atoms with Crippen LogP contribution in [-0.4, -0.2) is 42.5 Å². The largest absolute Gasteiger partial charge is 0.489 e. The van der Waals surface area contributed by atoms with Crippen molar-refractivity contribution < 1.29 is 19.4 Å². The fourth-order valence-electron chi connectivity index (χ4n) is 4.08. The molecule has 0 aromatic heterocycles. The molecule has 6 nitrogen and oxygen atoms in total. The predicted octanol–water partition coefficient (Wildman–Crippen LogP) is 4.43. The van der Waals surface area contributed by atoms with Crippen LogP contribution in [0.2, 0.25) is 0 Å². The minimum atomic E-state index is -0.724. The Balaban J connectivity index is 1.82. The molecule has 2 unspecified atom stereocenters. The number of carbonyl (C=O) groups is 1. The van der Waals surface area contributed by atoms with Crippen molar-refractivity contribution in [3.63, 3.8) is 0 Å². The van der Waals surface area contributed by atoms with E-state index in [9.17, 15) is 15.2 Å². The molecular formula is C28H38N2O4. The topological polar surface area (TPSA) is 91.6 Å². The standard InChI is InChI=1S/C28H38N2O4/c1-5-33-27(32)14-12-23-11-13-24(18-29)26(16-23)34-20-25(31)19-30-28(3,4)17-21(2)15-22-9-7-6-8-10-22/h6-11,13,16,21,25,30-31H,5,12,14-15,17,19-20H2,1-4H3. The lowest BCUT2D eigenvalue weighted by molar-refractivity contribution is -0.143. The number of aliphatic hydroxyl groups excluding tert-OH is 1. The molecule has 0 saturated carbocycles. The van der Waals surface area contributed by atoms with Crippen LogP contribution in [0.25, 0.3) is 0 Å². The Morgan fingerprint density at radius 2 is 1.91 bits per heavy atom. The molecule has 0 heterocycles. The molecule has 0 spiro atoms. The van der Waals surface area contributed by atoms with Crippen molar-refractivity contribution in [2.24, 2.45) is 5.92 Å². The van der Waals surface area contributed by atoms with Crippen LogP contribution in [0.3, 0.4) is 0 Å². The van der Waals surface area contributed by atoms with Gasteiger partial charge in [-0.3, -0.25) is 4.79 Å². The summed E-state index contributed by atoms with van der Waals surface area (Å²) < 4.78 is 10.7. The first-order valence-corrected chi connectivity index (χ1v) is 12.0. The second-order valence-corrected chi connectivity index (χ2v) is 9.48. The zero-order valence-corrected chi connectivity index (χ0v) is 20.8. The molecule has 2 N–H and O–H groups in total. The highest BCUT2D eigenvalue weighted by atomic mass is 16.5. The molecule has 2 atom stereocenters. The molecule has 0 amide bonds. The number of hydrogen-bond donors (Lipinski definition) is 2. The van der Waals surface area contributed by atoms with Crippen LogP contribution < -0.4 is 10.1 Å². The predicted molar refractivity (Wildman–Crippen MR) is 134 cm³/mol. The summed E-state index contributed by atoms with van der Waals surface area (Å²) in [6.45, 7) is 9.11. The van der Waals surface area contributed by atoms with Crippen LogP contribution in [0.1, 0.15) is 57.2 Å². The summed E-state index contributed by atoms with van der Waals surface area (Å²) >= 11 is 0. The molecule has 0 fully saturated rings. The first-order valence-electron chi connectivity index (χ1n) is 12.0. The molecule has 0 radical (unpaired) electrons. The third kappa shape index (κ3) is 9.94. The number of esters is 1. The fourth-order valence-corrected chi connectivity index (χ4v) is 4.08. The van der Waals surface area contributed by atoms with Gasteiger partial charge < -0.3 is 19.9 Å². The van der Waals surface area contributed by atoms with Gasteiger partial charge in [-0.25, -0.2) is 0 Å². The normalized spacial score (nSPS) is 13.1. The Bertz CT molecular complexity index is 937. The van der Waals surface area contributed by atoms with Gasteiger partial charge in [0.25, 0.3) is 0 Å². The number of carbonyl (C=O) groups excluding carboxylic acids is 1. The van der Waals surface area contributed by atoms with Crippen molar-refractivity contribution in [2.45, 2.75) is 65.0 Å². The maximum absolute atomic E-state index is 11.6. The fraction of sp³-hybridized carbons (Fsp3) is 0.500. The first kappa shape index (κ1) is 27.4. The van der Waals surface area contributed by atoms with Gasteiger partial charge in [0.2, 0.25) is 0 Å². The van der Waals surface area contributed by atoms with Crippen molar-refractivity contribution in [2.75, 3.05) is 19.8 Å². The maximum Gasteiger partial charge on any atom is 0.306 e. The molecule has 0 aliphatic carbocycles. The molecule has 6 heteroatoms. The summed E-state index contributed by atoms with van der Waals surface area (Å²) in [5.41, 5.74) is 2.47. The molecule has 2 aromatic carbocycles. The number of hydrogen-bond acceptors (Lipinski definition) is 6. The molecule has 34 heavy (non-hydrogen) atoms. The van der Waals surface area contributed by atoms with Crippen molar-refractivity contribution >= 4 is 5.97 Å². The number of aryl methyl sites for hydroxylation is 1. The summed E-state index contributed by atoms with van der Waals surface area (Å²) in [5.74, 6) is 0.656. The third-order valence-corrected chi connectivity index (χ3v) is 5.62. The Labute approximate surface area is 203 Å². The number of aliphatic hydroxyl groups is 1. The Hall–Kier alpha value is -2.88. The summed E-state index contributed by atoms with van der Waals surface area (Å²) in [6.07, 6.45) is 2.03. The molecule has 2 rings (SSSR count).